The van der Waals surface area contributed by atoms with Crippen molar-refractivity contribution in [3.63, 3.8) is 0 Å². The predicted octanol–water partition coefficient (Wildman–Crippen LogP) is 1.79. The van der Waals surface area contributed by atoms with Crippen LogP contribution in [0.4, 0.5) is 0 Å². The number of aryl methyl sites for hydroxylation is 1. The lowest BCUT2D eigenvalue weighted by Crippen LogP contribution is -2.49. The Kier molecular flexibility index (Phi) is 3.13. The van der Waals surface area contributed by atoms with Crippen molar-refractivity contribution in [2.24, 2.45) is 12.5 Å². The van der Waals surface area contributed by atoms with Crippen LogP contribution in [0.1, 0.15) is 42.6 Å². The van der Waals surface area contributed by atoms with Crippen LogP contribution in [0, 0.1) is 5.41 Å². The number of aliphatic hydroxyl groups is 1. The van der Waals surface area contributed by atoms with Crippen LogP contribution in [-0.4, -0.2) is 39.7 Å². The fraction of sp³-hybridized carbons (Fsp3) is 0.667. The number of hydrogen-bond donors (Lipinski definition) is 1. The molecule has 0 aromatic carbocycles. The Morgan fingerprint density at radius 3 is 2.84 bits per heavy atom. The lowest BCUT2D eigenvalue weighted by Gasteiger charge is -2.42. The van der Waals surface area contributed by atoms with Gasteiger partial charge in [-0.15, -0.1) is 0 Å². The molecule has 1 aliphatic carbocycles. The first kappa shape index (κ1) is 12.7. The molecule has 2 fully saturated rings. The van der Waals surface area contributed by atoms with Gasteiger partial charge in [0, 0.05) is 31.7 Å². The molecule has 3 rings (SSSR count). The highest BCUT2D eigenvalue weighted by molar-refractivity contribution is 5.92. The Balaban J connectivity index is 1.79. The fourth-order valence-corrected chi connectivity index (χ4v) is 3.78. The lowest BCUT2D eigenvalue weighted by atomic mass is 9.76. The number of aromatic nitrogens is 1. The molecule has 1 amide bonds. The van der Waals surface area contributed by atoms with Crippen LogP contribution >= 0.6 is 0 Å². The van der Waals surface area contributed by atoms with E-state index in [4.69, 9.17) is 0 Å². The van der Waals surface area contributed by atoms with Gasteiger partial charge in [-0.05, 0) is 37.8 Å². The van der Waals surface area contributed by atoms with E-state index >= 15 is 0 Å². The Bertz CT molecular complexity index is 482. The highest BCUT2D eigenvalue weighted by Crippen LogP contribution is 2.45. The molecular weight excluding hydrogens is 240 g/mol. The van der Waals surface area contributed by atoms with Gasteiger partial charge in [0.2, 0.25) is 0 Å². The van der Waals surface area contributed by atoms with Crippen molar-refractivity contribution in [2.75, 3.05) is 13.1 Å². The van der Waals surface area contributed by atoms with Crippen molar-refractivity contribution < 1.29 is 9.90 Å². The SMILES string of the molecule is Cn1cccc1C(=O)N1CCC[C@@]2(CCC[C@H]2O)C1. The molecule has 1 aliphatic heterocycles. The van der Waals surface area contributed by atoms with Gasteiger partial charge in [-0.1, -0.05) is 6.42 Å². The number of carbonyl (C=O) groups excluding carboxylic acids is 1. The van der Waals surface area contributed by atoms with Gasteiger partial charge in [-0.2, -0.15) is 0 Å². The maximum absolute atomic E-state index is 12.6. The highest BCUT2D eigenvalue weighted by Gasteiger charge is 2.45. The van der Waals surface area contributed by atoms with E-state index in [1.54, 1.807) is 0 Å². The molecule has 0 bridgehead atoms. The van der Waals surface area contributed by atoms with E-state index in [0.29, 0.717) is 0 Å². The van der Waals surface area contributed by atoms with E-state index in [1.807, 2.05) is 34.8 Å². The van der Waals surface area contributed by atoms with Gasteiger partial charge in [-0.25, -0.2) is 0 Å². The van der Waals surface area contributed by atoms with Gasteiger partial charge in [0.05, 0.1) is 6.10 Å². The average Bonchev–Trinajstić information content (AvgIpc) is 2.97. The molecule has 0 radical (unpaired) electrons. The summed E-state index contributed by atoms with van der Waals surface area (Å²) in [5.74, 6) is 0.102. The minimum atomic E-state index is -0.225. The van der Waals surface area contributed by atoms with E-state index in [2.05, 4.69) is 0 Å². The van der Waals surface area contributed by atoms with Crippen molar-refractivity contribution >= 4 is 5.91 Å². The van der Waals surface area contributed by atoms with Crippen LogP contribution in [0.3, 0.4) is 0 Å². The molecule has 0 unspecified atom stereocenters. The second-order valence-corrected chi connectivity index (χ2v) is 6.10. The quantitative estimate of drug-likeness (QED) is 0.838. The first-order valence-corrected chi connectivity index (χ1v) is 7.21. The van der Waals surface area contributed by atoms with Crippen molar-refractivity contribution in [1.82, 2.24) is 9.47 Å². The Labute approximate surface area is 114 Å². The second-order valence-electron chi connectivity index (χ2n) is 6.10. The van der Waals surface area contributed by atoms with E-state index in [9.17, 15) is 9.90 Å². The lowest BCUT2D eigenvalue weighted by molar-refractivity contribution is -0.00566. The minimum absolute atomic E-state index is 0.0287. The molecule has 1 saturated carbocycles. The summed E-state index contributed by atoms with van der Waals surface area (Å²) in [4.78, 5) is 14.5. The van der Waals surface area contributed by atoms with Gasteiger partial charge >= 0.3 is 0 Å². The first-order valence-electron chi connectivity index (χ1n) is 7.21. The van der Waals surface area contributed by atoms with E-state index < -0.39 is 0 Å². The van der Waals surface area contributed by atoms with Crippen LogP contribution in [0.2, 0.25) is 0 Å². The monoisotopic (exact) mass is 262 g/mol. The van der Waals surface area contributed by atoms with Gasteiger partial charge < -0.3 is 14.6 Å². The summed E-state index contributed by atoms with van der Waals surface area (Å²) in [6.07, 6.45) is 6.79. The average molecular weight is 262 g/mol. The Hall–Kier alpha value is -1.29. The zero-order valence-electron chi connectivity index (χ0n) is 11.5. The number of amides is 1. The van der Waals surface area contributed by atoms with Crippen LogP contribution in [0.25, 0.3) is 0 Å². The maximum Gasteiger partial charge on any atom is 0.270 e. The number of hydrogen-bond acceptors (Lipinski definition) is 2. The number of piperidine rings is 1. The second kappa shape index (κ2) is 4.67. The number of aliphatic hydroxyl groups excluding tert-OH is 1. The zero-order valence-corrected chi connectivity index (χ0v) is 11.5. The van der Waals surface area contributed by atoms with Crippen LogP contribution in [0.15, 0.2) is 18.3 Å². The number of carbonyl (C=O) groups is 1. The fourth-order valence-electron chi connectivity index (χ4n) is 3.78. The number of likely N-dealkylation sites (tertiary alicyclic amines) is 1. The summed E-state index contributed by atoms with van der Waals surface area (Å²) in [6, 6.07) is 3.77. The van der Waals surface area contributed by atoms with Crippen molar-refractivity contribution in [2.45, 2.75) is 38.2 Å². The molecule has 2 aliphatic rings. The molecule has 19 heavy (non-hydrogen) atoms. The largest absolute Gasteiger partial charge is 0.392 e. The van der Waals surface area contributed by atoms with Crippen LogP contribution in [-0.2, 0) is 7.05 Å². The molecule has 1 N–H and O–H groups in total. The standard InChI is InChI=1S/C15H22N2O2/c1-16-9-3-5-12(16)14(19)17-10-4-8-15(11-17)7-2-6-13(15)18/h3,5,9,13,18H,2,4,6-8,10-11H2,1H3/t13-,15+/m1/s1. The predicted molar refractivity (Wildman–Crippen MR) is 72.8 cm³/mol. The Morgan fingerprint density at radius 1 is 1.42 bits per heavy atom. The summed E-state index contributed by atoms with van der Waals surface area (Å²) in [5, 5.41) is 10.2. The van der Waals surface area contributed by atoms with Crippen molar-refractivity contribution in [3.05, 3.63) is 24.0 Å². The summed E-state index contributed by atoms with van der Waals surface area (Å²) >= 11 is 0. The Morgan fingerprint density at radius 2 is 2.21 bits per heavy atom. The molecule has 1 aromatic rings. The van der Waals surface area contributed by atoms with Gasteiger partial charge in [0.15, 0.2) is 0 Å². The molecule has 2 atom stereocenters. The van der Waals surface area contributed by atoms with Crippen LogP contribution in [0.5, 0.6) is 0 Å². The molecule has 4 nitrogen and oxygen atoms in total. The van der Waals surface area contributed by atoms with E-state index in [1.165, 1.54) is 0 Å². The summed E-state index contributed by atoms with van der Waals surface area (Å²) in [5.41, 5.74) is 0.712. The molecule has 4 heteroatoms. The van der Waals surface area contributed by atoms with Gasteiger partial charge in [0.1, 0.15) is 5.69 Å². The van der Waals surface area contributed by atoms with Crippen molar-refractivity contribution in [3.8, 4) is 0 Å². The number of nitrogens with zero attached hydrogens (tertiary/aromatic N) is 2. The van der Waals surface area contributed by atoms with Gasteiger partial charge in [0.25, 0.3) is 5.91 Å². The smallest absolute Gasteiger partial charge is 0.270 e. The van der Waals surface area contributed by atoms with Gasteiger partial charge in [-0.3, -0.25) is 4.79 Å². The zero-order chi connectivity index (χ0) is 13.5. The van der Waals surface area contributed by atoms with Crippen LogP contribution < -0.4 is 0 Å². The normalized spacial score (nSPS) is 31.1. The molecule has 104 valence electrons. The third kappa shape index (κ3) is 2.08. The summed E-state index contributed by atoms with van der Waals surface area (Å²) in [6.45, 7) is 1.54. The van der Waals surface area contributed by atoms with Crippen molar-refractivity contribution in [1.29, 1.82) is 0 Å². The summed E-state index contributed by atoms with van der Waals surface area (Å²) in [7, 11) is 1.90. The maximum atomic E-state index is 12.6. The molecule has 1 saturated heterocycles. The highest BCUT2D eigenvalue weighted by atomic mass is 16.3. The number of rotatable bonds is 1. The minimum Gasteiger partial charge on any atom is -0.392 e. The molecular formula is C15H22N2O2. The molecule has 1 spiro atoms. The topological polar surface area (TPSA) is 45.5 Å². The van der Waals surface area contributed by atoms with E-state index in [-0.39, 0.29) is 17.4 Å². The molecule has 1 aromatic heterocycles. The van der Waals surface area contributed by atoms with E-state index in [0.717, 1.165) is 50.9 Å². The molecule has 2 heterocycles. The third-order valence-corrected chi connectivity index (χ3v) is 4.92. The summed E-state index contributed by atoms with van der Waals surface area (Å²) < 4.78 is 1.87. The third-order valence-electron chi connectivity index (χ3n) is 4.92. The first-order chi connectivity index (χ1) is 9.12.